The molecular weight excluding hydrogens is 566 g/mol. The zero-order chi connectivity index (χ0) is 29.2. The maximum atomic E-state index is 13.6. The molecule has 10 nitrogen and oxygen atoms in total. The third kappa shape index (κ3) is 9.86. The standard InChI is InChI=1S/C26H23F4N7O3S/c27-19-10-8-16(13-20(19)40-26(28,29)30)14-22(38)32-21-11-9-17(34-35-21)5-1-2-7-24-36-37-25(41-24)33-23(39)15-18-6-3-4-12-31-18/h3-4,6,8-13H,1-2,5,7,14-15H2,(H,32,35,38)(H,33,37,39). The first-order valence-electron chi connectivity index (χ1n) is 12.3. The summed E-state index contributed by atoms with van der Waals surface area (Å²) in [6.07, 6.45) is -0.709. The zero-order valence-corrected chi connectivity index (χ0v) is 22.1. The van der Waals surface area contributed by atoms with Crippen LogP contribution in [0, 0.1) is 5.82 Å². The lowest BCUT2D eigenvalue weighted by Gasteiger charge is -2.11. The minimum absolute atomic E-state index is 0.127. The van der Waals surface area contributed by atoms with Crippen molar-refractivity contribution >= 4 is 34.1 Å². The summed E-state index contributed by atoms with van der Waals surface area (Å²) in [5.41, 5.74) is 1.49. The van der Waals surface area contributed by atoms with Crippen molar-refractivity contribution in [2.75, 3.05) is 10.6 Å². The number of carbonyl (C=O) groups excluding carboxylic acids is 2. The average molecular weight is 590 g/mol. The highest BCUT2D eigenvalue weighted by Gasteiger charge is 2.32. The van der Waals surface area contributed by atoms with E-state index in [1.54, 1.807) is 30.5 Å². The molecule has 0 radical (unpaired) electrons. The summed E-state index contributed by atoms with van der Waals surface area (Å²) in [5.74, 6) is -2.83. The van der Waals surface area contributed by atoms with Crippen molar-refractivity contribution in [2.45, 2.75) is 44.9 Å². The van der Waals surface area contributed by atoms with Crippen molar-refractivity contribution in [1.82, 2.24) is 25.4 Å². The van der Waals surface area contributed by atoms with Crippen LogP contribution in [0.2, 0.25) is 0 Å². The van der Waals surface area contributed by atoms with Gasteiger partial charge in [0, 0.05) is 18.3 Å². The van der Waals surface area contributed by atoms with Gasteiger partial charge >= 0.3 is 6.36 Å². The second kappa shape index (κ2) is 13.7. The van der Waals surface area contributed by atoms with Crippen LogP contribution in [0.5, 0.6) is 5.75 Å². The van der Waals surface area contributed by atoms with E-state index in [9.17, 15) is 27.2 Å². The van der Waals surface area contributed by atoms with Gasteiger partial charge in [-0.05, 0) is 61.2 Å². The van der Waals surface area contributed by atoms with Crippen LogP contribution in [0.15, 0.2) is 54.7 Å². The summed E-state index contributed by atoms with van der Waals surface area (Å²) in [7, 11) is 0. The van der Waals surface area contributed by atoms with E-state index in [1.165, 1.54) is 17.4 Å². The van der Waals surface area contributed by atoms with Crippen LogP contribution >= 0.6 is 11.3 Å². The molecule has 0 fully saturated rings. The van der Waals surface area contributed by atoms with Gasteiger partial charge in [0.15, 0.2) is 17.4 Å². The molecule has 0 saturated heterocycles. The summed E-state index contributed by atoms with van der Waals surface area (Å²) in [6, 6.07) is 11.4. The first kappa shape index (κ1) is 29.5. The monoisotopic (exact) mass is 589 g/mol. The molecule has 0 saturated carbocycles. The van der Waals surface area contributed by atoms with Gasteiger partial charge in [-0.15, -0.1) is 28.5 Å². The van der Waals surface area contributed by atoms with E-state index in [0.717, 1.165) is 30.0 Å². The second-order valence-electron chi connectivity index (χ2n) is 8.70. The van der Waals surface area contributed by atoms with E-state index in [4.69, 9.17) is 0 Å². The fourth-order valence-corrected chi connectivity index (χ4v) is 4.41. The first-order chi connectivity index (χ1) is 19.6. The molecule has 0 aliphatic heterocycles. The number of nitrogens with zero attached hydrogens (tertiary/aromatic N) is 5. The van der Waals surface area contributed by atoms with Crippen LogP contribution in [0.4, 0.5) is 28.5 Å². The largest absolute Gasteiger partial charge is 0.573 e. The van der Waals surface area contributed by atoms with Crippen LogP contribution in [0.25, 0.3) is 0 Å². The molecule has 3 heterocycles. The Kier molecular flexibility index (Phi) is 9.84. The van der Waals surface area contributed by atoms with Crippen LogP contribution in [-0.2, 0) is 35.3 Å². The third-order valence-electron chi connectivity index (χ3n) is 5.43. The number of aromatic nitrogens is 5. The highest BCUT2D eigenvalue weighted by molar-refractivity contribution is 7.15. The molecule has 4 rings (SSSR count). The fourth-order valence-electron chi connectivity index (χ4n) is 3.61. The Hall–Kier alpha value is -4.53. The van der Waals surface area contributed by atoms with Gasteiger partial charge in [0.05, 0.1) is 18.5 Å². The Balaban J connectivity index is 1.17. The molecule has 4 aromatic rings. The number of unbranched alkanes of at least 4 members (excludes halogenated alkanes) is 1. The Morgan fingerprint density at radius 1 is 0.854 bits per heavy atom. The van der Waals surface area contributed by atoms with E-state index in [2.05, 4.69) is 40.7 Å². The molecule has 0 spiro atoms. The Labute approximate surface area is 235 Å². The summed E-state index contributed by atoms with van der Waals surface area (Å²) < 4.78 is 54.4. The highest BCUT2D eigenvalue weighted by Crippen LogP contribution is 2.26. The quantitative estimate of drug-likeness (QED) is 0.180. The van der Waals surface area contributed by atoms with Gasteiger partial charge in [0.1, 0.15) is 5.01 Å². The molecule has 2 N–H and O–H groups in total. The Morgan fingerprint density at radius 2 is 1.66 bits per heavy atom. The lowest BCUT2D eigenvalue weighted by Crippen LogP contribution is -2.19. The smallest absolute Gasteiger partial charge is 0.403 e. The van der Waals surface area contributed by atoms with Crippen molar-refractivity contribution < 1.29 is 31.9 Å². The molecule has 0 aliphatic carbocycles. The third-order valence-corrected chi connectivity index (χ3v) is 6.33. The van der Waals surface area contributed by atoms with Crippen molar-refractivity contribution in [2.24, 2.45) is 0 Å². The summed E-state index contributed by atoms with van der Waals surface area (Å²) >= 11 is 1.31. The lowest BCUT2D eigenvalue weighted by molar-refractivity contribution is -0.275. The number of carbonyl (C=O) groups is 2. The molecule has 15 heteroatoms. The predicted molar refractivity (Wildman–Crippen MR) is 141 cm³/mol. The van der Waals surface area contributed by atoms with Crippen molar-refractivity contribution in [3.63, 3.8) is 0 Å². The lowest BCUT2D eigenvalue weighted by atomic mass is 10.1. The maximum Gasteiger partial charge on any atom is 0.573 e. The maximum absolute atomic E-state index is 13.6. The number of halogens is 4. The topological polar surface area (TPSA) is 132 Å². The number of hydrogen-bond acceptors (Lipinski definition) is 9. The Bertz CT molecular complexity index is 1470. The molecular formula is C26H23F4N7O3S. The second-order valence-corrected chi connectivity index (χ2v) is 9.76. The number of rotatable bonds is 12. The minimum atomic E-state index is -5.05. The van der Waals surface area contributed by atoms with E-state index < -0.39 is 23.8 Å². The van der Waals surface area contributed by atoms with Crippen molar-refractivity contribution in [1.29, 1.82) is 0 Å². The van der Waals surface area contributed by atoms with E-state index >= 15 is 0 Å². The molecule has 0 aliphatic rings. The zero-order valence-electron chi connectivity index (χ0n) is 21.3. The molecule has 214 valence electrons. The molecule has 0 bridgehead atoms. The van der Waals surface area contributed by atoms with Gasteiger partial charge in [0.2, 0.25) is 16.9 Å². The van der Waals surface area contributed by atoms with E-state index in [1.807, 2.05) is 6.07 Å². The van der Waals surface area contributed by atoms with Gasteiger partial charge in [-0.1, -0.05) is 23.5 Å². The molecule has 2 amide bonds. The van der Waals surface area contributed by atoms with Crippen LogP contribution in [-0.4, -0.2) is 43.6 Å². The number of amides is 2. The average Bonchev–Trinajstić information content (AvgIpc) is 3.36. The first-order valence-corrected chi connectivity index (χ1v) is 13.1. The van der Waals surface area contributed by atoms with Crippen molar-refractivity contribution in [3.05, 3.63) is 82.5 Å². The van der Waals surface area contributed by atoms with Crippen LogP contribution < -0.4 is 15.4 Å². The van der Waals surface area contributed by atoms with Gasteiger partial charge in [-0.25, -0.2) is 4.39 Å². The number of aryl methyl sites for hydroxylation is 2. The van der Waals surface area contributed by atoms with Gasteiger partial charge in [-0.3, -0.25) is 14.6 Å². The number of alkyl halides is 3. The fraction of sp³-hybridized carbons (Fsp3) is 0.269. The van der Waals surface area contributed by atoms with Crippen LogP contribution in [0.1, 0.15) is 34.8 Å². The summed E-state index contributed by atoms with van der Waals surface area (Å²) in [6.45, 7) is 0. The van der Waals surface area contributed by atoms with E-state index in [-0.39, 0.29) is 30.1 Å². The minimum Gasteiger partial charge on any atom is -0.403 e. The molecule has 41 heavy (non-hydrogen) atoms. The molecule has 1 aromatic carbocycles. The van der Waals surface area contributed by atoms with Gasteiger partial charge in [-0.2, -0.15) is 5.10 Å². The number of benzene rings is 1. The predicted octanol–water partition coefficient (Wildman–Crippen LogP) is 4.69. The number of nitrogens with one attached hydrogen (secondary N) is 2. The van der Waals surface area contributed by atoms with Crippen LogP contribution in [0.3, 0.4) is 0 Å². The number of pyridine rings is 1. The number of hydrogen-bond donors (Lipinski definition) is 2. The summed E-state index contributed by atoms with van der Waals surface area (Å²) in [5, 5.41) is 22.6. The highest BCUT2D eigenvalue weighted by atomic mass is 32.1. The number of ether oxygens (including phenoxy) is 1. The van der Waals surface area contributed by atoms with Gasteiger partial charge in [0.25, 0.3) is 0 Å². The molecule has 0 unspecified atom stereocenters. The Morgan fingerprint density at radius 3 is 2.39 bits per heavy atom. The SMILES string of the molecule is O=C(Cc1ccc(F)c(OC(F)(F)F)c1)Nc1ccc(CCCCc2nnc(NC(=O)Cc3ccccn3)s2)nn1. The molecule has 3 aromatic heterocycles. The van der Waals surface area contributed by atoms with Crippen molar-refractivity contribution in [3.8, 4) is 5.75 Å². The van der Waals surface area contributed by atoms with Gasteiger partial charge < -0.3 is 15.4 Å². The normalized spacial score (nSPS) is 11.2. The number of anilines is 2. The molecule has 0 atom stereocenters. The summed E-state index contributed by atoms with van der Waals surface area (Å²) in [4.78, 5) is 28.5. The van der Waals surface area contributed by atoms with E-state index in [0.29, 0.717) is 29.4 Å².